The molecule has 1 heterocycles. The first-order chi connectivity index (χ1) is 9.74. The van der Waals surface area contributed by atoms with Gasteiger partial charge in [0.05, 0.1) is 18.5 Å². The summed E-state index contributed by atoms with van der Waals surface area (Å²) in [6.07, 6.45) is 3.14. The third-order valence-corrected chi connectivity index (χ3v) is 2.59. The first kappa shape index (κ1) is 14.0. The lowest BCUT2D eigenvalue weighted by molar-refractivity contribution is -0.119. The Bertz CT molecular complexity index is 601. The van der Waals surface area contributed by atoms with E-state index in [9.17, 15) is 4.79 Å². The molecule has 1 aromatic carbocycles. The fourth-order valence-corrected chi connectivity index (χ4v) is 1.63. The molecule has 0 spiro atoms. The number of hydrazone groups is 1. The van der Waals surface area contributed by atoms with Crippen LogP contribution in [0.4, 0.5) is 5.69 Å². The number of hydrogen-bond donors (Lipinski definition) is 2. The van der Waals surface area contributed by atoms with Gasteiger partial charge in [0.15, 0.2) is 0 Å². The number of benzene rings is 1. The molecule has 0 saturated carbocycles. The van der Waals surface area contributed by atoms with Crippen LogP contribution in [0.5, 0.6) is 0 Å². The van der Waals surface area contributed by atoms with Gasteiger partial charge in [-0.15, -0.1) is 0 Å². The van der Waals surface area contributed by atoms with Gasteiger partial charge in [-0.2, -0.15) is 5.10 Å². The summed E-state index contributed by atoms with van der Waals surface area (Å²) in [7, 11) is 0. The molecule has 102 valence electrons. The van der Waals surface area contributed by atoms with Gasteiger partial charge in [0, 0.05) is 16.9 Å². The van der Waals surface area contributed by atoms with Crippen LogP contribution >= 0.6 is 11.6 Å². The van der Waals surface area contributed by atoms with E-state index in [2.05, 4.69) is 20.8 Å². The summed E-state index contributed by atoms with van der Waals surface area (Å²) in [6, 6.07) is 12.6. The molecule has 0 atom stereocenters. The molecule has 2 aromatic rings. The van der Waals surface area contributed by atoms with Crippen LogP contribution in [0.25, 0.3) is 0 Å². The van der Waals surface area contributed by atoms with Crippen molar-refractivity contribution >= 4 is 29.4 Å². The topological polar surface area (TPSA) is 66.4 Å². The van der Waals surface area contributed by atoms with E-state index >= 15 is 0 Å². The van der Waals surface area contributed by atoms with Crippen molar-refractivity contribution in [2.45, 2.75) is 0 Å². The molecule has 6 heteroatoms. The van der Waals surface area contributed by atoms with Gasteiger partial charge < -0.3 is 5.32 Å². The van der Waals surface area contributed by atoms with E-state index < -0.39 is 0 Å². The molecule has 0 aliphatic heterocycles. The SMILES string of the molecule is O=C(CNc1cccc(Cl)c1)NN=Cc1ccccn1. The van der Waals surface area contributed by atoms with Crippen molar-refractivity contribution in [3.05, 3.63) is 59.4 Å². The standard InChI is InChI=1S/C14H13ClN4O/c15-11-4-3-6-12(8-11)17-10-14(20)19-18-9-13-5-1-2-7-16-13/h1-9,17H,10H2,(H,19,20). The van der Waals surface area contributed by atoms with E-state index in [0.29, 0.717) is 10.7 Å². The van der Waals surface area contributed by atoms with Crippen molar-refractivity contribution < 1.29 is 4.79 Å². The Balaban J connectivity index is 1.77. The summed E-state index contributed by atoms with van der Waals surface area (Å²) >= 11 is 5.84. The zero-order valence-electron chi connectivity index (χ0n) is 10.6. The Labute approximate surface area is 121 Å². The number of nitrogens with zero attached hydrogens (tertiary/aromatic N) is 2. The molecule has 2 rings (SSSR count). The zero-order chi connectivity index (χ0) is 14.2. The number of carbonyl (C=O) groups excluding carboxylic acids is 1. The van der Waals surface area contributed by atoms with Crippen LogP contribution in [0, 0.1) is 0 Å². The molecule has 1 amide bonds. The summed E-state index contributed by atoms with van der Waals surface area (Å²) in [5.74, 6) is -0.253. The van der Waals surface area contributed by atoms with Gasteiger partial charge in [-0.3, -0.25) is 9.78 Å². The highest BCUT2D eigenvalue weighted by molar-refractivity contribution is 6.30. The van der Waals surface area contributed by atoms with E-state index in [1.807, 2.05) is 24.3 Å². The fraction of sp³-hybridized carbons (Fsp3) is 0.0714. The van der Waals surface area contributed by atoms with Crippen molar-refractivity contribution in [1.82, 2.24) is 10.4 Å². The molecule has 1 aromatic heterocycles. The maximum atomic E-state index is 11.6. The minimum absolute atomic E-state index is 0.111. The largest absolute Gasteiger partial charge is 0.376 e. The number of rotatable bonds is 5. The minimum atomic E-state index is -0.253. The van der Waals surface area contributed by atoms with Crippen LogP contribution in [0.15, 0.2) is 53.8 Å². The van der Waals surface area contributed by atoms with Crippen LogP contribution in [0.1, 0.15) is 5.69 Å². The maximum Gasteiger partial charge on any atom is 0.259 e. The van der Waals surface area contributed by atoms with E-state index in [1.54, 1.807) is 24.4 Å². The smallest absolute Gasteiger partial charge is 0.259 e. The molecule has 0 radical (unpaired) electrons. The van der Waals surface area contributed by atoms with E-state index in [-0.39, 0.29) is 12.5 Å². The number of carbonyl (C=O) groups is 1. The second-order valence-corrected chi connectivity index (χ2v) is 4.35. The maximum absolute atomic E-state index is 11.6. The number of amides is 1. The van der Waals surface area contributed by atoms with Crippen molar-refractivity contribution in [2.75, 3.05) is 11.9 Å². The lowest BCUT2D eigenvalue weighted by atomic mass is 10.3. The van der Waals surface area contributed by atoms with Gasteiger partial charge in [0.25, 0.3) is 5.91 Å². The molecule has 0 aliphatic rings. The van der Waals surface area contributed by atoms with Gasteiger partial charge >= 0.3 is 0 Å². The first-order valence-electron chi connectivity index (χ1n) is 5.96. The van der Waals surface area contributed by atoms with Crippen LogP contribution in [0.2, 0.25) is 5.02 Å². The average molecular weight is 289 g/mol. The third-order valence-electron chi connectivity index (χ3n) is 2.35. The average Bonchev–Trinajstić information content (AvgIpc) is 2.46. The molecule has 5 nitrogen and oxygen atoms in total. The van der Waals surface area contributed by atoms with Crippen molar-refractivity contribution in [3.8, 4) is 0 Å². The minimum Gasteiger partial charge on any atom is -0.376 e. The number of nitrogens with one attached hydrogen (secondary N) is 2. The number of hydrogen-bond acceptors (Lipinski definition) is 4. The summed E-state index contributed by atoms with van der Waals surface area (Å²) < 4.78 is 0. The molecule has 0 aliphatic carbocycles. The predicted molar refractivity (Wildman–Crippen MR) is 79.9 cm³/mol. The van der Waals surface area contributed by atoms with Gasteiger partial charge in [-0.05, 0) is 30.3 Å². The lowest BCUT2D eigenvalue weighted by Crippen LogP contribution is -2.25. The highest BCUT2D eigenvalue weighted by atomic mass is 35.5. The molecular formula is C14H13ClN4O. The summed E-state index contributed by atoms with van der Waals surface area (Å²) in [5, 5.41) is 7.38. The lowest BCUT2D eigenvalue weighted by Gasteiger charge is -2.05. The van der Waals surface area contributed by atoms with Crippen LogP contribution < -0.4 is 10.7 Å². The molecule has 2 N–H and O–H groups in total. The quantitative estimate of drug-likeness (QED) is 0.655. The fourth-order valence-electron chi connectivity index (χ4n) is 1.44. The highest BCUT2D eigenvalue weighted by Crippen LogP contribution is 2.14. The Hall–Kier alpha value is -2.40. The van der Waals surface area contributed by atoms with Crippen LogP contribution in [0.3, 0.4) is 0 Å². The second-order valence-electron chi connectivity index (χ2n) is 3.91. The third kappa shape index (κ3) is 4.70. The number of aromatic nitrogens is 1. The Morgan fingerprint density at radius 2 is 2.20 bits per heavy atom. The number of pyridine rings is 1. The Kier molecular flexibility index (Phi) is 5.08. The van der Waals surface area contributed by atoms with E-state index in [1.165, 1.54) is 6.21 Å². The second kappa shape index (κ2) is 7.25. The summed E-state index contributed by atoms with van der Waals surface area (Å²) in [4.78, 5) is 15.6. The van der Waals surface area contributed by atoms with Gasteiger partial charge in [-0.1, -0.05) is 23.7 Å². The Morgan fingerprint density at radius 1 is 1.30 bits per heavy atom. The monoisotopic (exact) mass is 288 g/mol. The van der Waals surface area contributed by atoms with Crippen LogP contribution in [-0.2, 0) is 4.79 Å². The number of halogens is 1. The molecule has 20 heavy (non-hydrogen) atoms. The van der Waals surface area contributed by atoms with Gasteiger partial charge in [0.1, 0.15) is 0 Å². The zero-order valence-corrected chi connectivity index (χ0v) is 11.3. The van der Waals surface area contributed by atoms with E-state index in [0.717, 1.165) is 5.69 Å². The van der Waals surface area contributed by atoms with Gasteiger partial charge in [0.2, 0.25) is 0 Å². The molecule has 0 bridgehead atoms. The molecule has 0 fully saturated rings. The highest BCUT2D eigenvalue weighted by Gasteiger charge is 1.99. The predicted octanol–water partition coefficient (Wildman–Crippen LogP) is 2.30. The van der Waals surface area contributed by atoms with Crippen molar-refractivity contribution in [2.24, 2.45) is 5.10 Å². The first-order valence-corrected chi connectivity index (χ1v) is 6.34. The van der Waals surface area contributed by atoms with Crippen molar-refractivity contribution in [1.29, 1.82) is 0 Å². The number of anilines is 1. The van der Waals surface area contributed by atoms with Crippen LogP contribution in [-0.4, -0.2) is 23.7 Å². The molecule has 0 unspecified atom stereocenters. The molecular weight excluding hydrogens is 276 g/mol. The molecule has 0 saturated heterocycles. The normalized spacial score (nSPS) is 10.4. The van der Waals surface area contributed by atoms with Crippen molar-refractivity contribution in [3.63, 3.8) is 0 Å². The van der Waals surface area contributed by atoms with E-state index in [4.69, 9.17) is 11.6 Å². The summed E-state index contributed by atoms with van der Waals surface area (Å²) in [5.41, 5.74) is 3.87. The van der Waals surface area contributed by atoms with Gasteiger partial charge in [-0.25, -0.2) is 5.43 Å². The summed E-state index contributed by atoms with van der Waals surface area (Å²) in [6.45, 7) is 0.111. The Morgan fingerprint density at radius 3 is 2.95 bits per heavy atom.